The Morgan fingerprint density at radius 3 is 2.57 bits per heavy atom. The smallest absolute Gasteiger partial charge is 0.311 e. The van der Waals surface area contributed by atoms with Crippen molar-refractivity contribution in [3.63, 3.8) is 0 Å². The van der Waals surface area contributed by atoms with Crippen molar-refractivity contribution < 1.29 is 14.7 Å². The van der Waals surface area contributed by atoms with Gasteiger partial charge in [0, 0.05) is 6.54 Å². The number of nitrogens with two attached hydrogens (primary N) is 1. The van der Waals surface area contributed by atoms with Gasteiger partial charge in [0.15, 0.2) is 5.13 Å². The fraction of sp³-hybridized carbons (Fsp3) is 0.643. The van der Waals surface area contributed by atoms with E-state index < -0.39 is 11.4 Å². The molecule has 0 atom stereocenters. The van der Waals surface area contributed by atoms with Gasteiger partial charge in [-0.15, -0.1) is 0 Å². The minimum Gasteiger partial charge on any atom is -0.481 e. The fourth-order valence-corrected chi connectivity index (χ4v) is 3.49. The lowest BCUT2D eigenvalue weighted by molar-refractivity contribution is -0.151. The lowest BCUT2D eigenvalue weighted by atomic mass is 9.71. The second-order valence-electron chi connectivity index (χ2n) is 5.92. The van der Waals surface area contributed by atoms with Crippen LogP contribution < -0.4 is 11.1 Å². The third-order valence-corrected chi connectivity index (χ3v) is 5.28. The van der Waals surface area contributed by atoms with E-state index in [0.29, 0.717) is 34.5 Å². The van der Waals surface area contributed by atoms with E-state index in [2.05, 4.69) is 17.2 Å². The second-order valence-corrected chi connectivity index (χ2v) is 6.95. The summed E-state index contributed by atoms with van der Waals surface area (Å²) in [6, 6.07) is 0. The molecule has 1 saturated carbocycles. The normalized spacial score (nSPS) is 25.5. The van der Waals surface area contributed by atoms with Crippen molar-refractivity contribution in [3.05, 3.63) is 10.6 Å². The van der Waals surface area contributed by atoms with Gasteiger partial charge in [0.05, 0.1) is 11.1 Å². The SMILES string of the molecule is Cc1nc(N)sc1C(=O)NCC1(C(=O)O)CCC(C)CC1. The highest BCUT2D eigenvalue weighted by Gasteiger charge is 2.41. The van der Waals surface area contributed by atoms with Gasteiger partial charge in [0.1, 0.15) is 4.88 Å². The molecule has 0 spiro atoms. The Bertz CT molecular complexity index is 548. The Hall–Kier alpha value is -1.63. The topological polar surface area (TPSA) is 105 Å². The number of carbonyl (C=O) groups is 2. The lowest BCUT2D eigenvalue weighted by Crippen LogP contribution is -2.45. The van der Waals surface area contributed by atoms with Crippen molar-refractivity contribution in [2.75, 3.05) is 12.3 Å². The van der Waals surface area contributed by atoms with Crippen molar-refractivity contribution in [2.24, 2.45) is 11.3 Å². The van der Waals surface area contributed by atoms with Gasteiger partial charge in [-0.3, -0.25) is 9.59 Å². The third kappa shape index (κ3) is 3.34. The lowest BCUT2D eigenvalue weighted by Gasteiger charge is -2.35. The zero-order valence-corrected chi connectivity index (χ0v) is 13.1. The van der Waals surface area contributed by atoms with Crippen molar-refractivity contribution in [1.82, 2.24) is 10.3 Å². The summed E-state index contributed by atoms with van der Waals surface area (Å²) in [6.07, 6.45) is 2.98. The minimum absolute atomic E-state index is 0.158. The maximum Gasteiger partial charge on any atom is 0.311 e. The van der Waals surface area contributed by atoms with Crippen LogP contribution in [-0.2, 0) is 4.79 Å². The number of nitrogens with zero attached hydrogens (tertiary/aromatic N) is 1. The summed E-state index contributed by atoms with van der Waals surface area (Å²) in [5.74, 6) is -0.562. The predicted molar refractivity (Wildman–Crippen MR) is 81.3 cm³/mol. The van der Waals surface area contributed by atoms with Crippen LogP contribution in [0.1, 0.15) is 48.0 Å². The largest absolute Gasteiger partial charge is 0.481 e. The number of aromatic nitrogens is 1. The zero-order chi connectivity index (χ0) is 15.6. The molecular formula is C14H21N3O3S. The number of carbonyl (C=O) groups excluding carboxylic acids is 1. The number of aryl methyl sites for hydroxylation is 1. The van der Waals surface area contributed by atoms with E-state index in [9.17, 15) is 14.7 Å². The van der Waals surface area contributed by atoms with Crippen molar-refractivity contribution in [3.8, 4) is 0 Å². The summed E-state index contributed by atoms with van der Waals surface area (Å²) in [6.45, 7) is 4.01. The maximum absolute atomic E-state index is 12.2. The molecule has 1 aliphatic carbocycles. The van der Waals surface area contributed by atoms with Crippen molar-refractivity contribution in [2.45, 2.75) is 39.5 Å². The minimum atomic E-state index is -0.841. The summed E-state index contributed by atoms with van der Waals surface area (Å²) in [5.41, 5.74) is 5.32. The van der Waals surface area contributed by atoms with E-state index in [1.54, 1.807) is 6.92 Å². The molecule has 7 heteroatoms. The molecule has 1 aliphatic rings. The summed E-state index contributed by atoms with van der Waals surface area (Å²) in [7, 11) is 0. The summed E-state index contributed by atoms with van der Waals surface area (Å²) in [5, 5.41) is 12.6. The molecule has 2 rings (SSSR count). The zero-order valence-electron chi connectivity index (χ0n) is 12.3. The van der Waals surface area contributed by atoms with Gasteiger partial charge in [-0.05, 0) is 38.5 Å². The monoisotopic (exact) mass is 311 g/mol. The Labute approximate surface area is 127 Å². The fourth-order valence-electron chi connectivity index (χ4n) is 2.74. The number of rotatable bonds is 4. The molecule has 1 aromatic rings. The highest BCUT2D eigenvalue weighted by atomic mass is 32.1. The Kier molecular flexibility index (Phi) is 4.51. The number of hydrogen-bond donors (Lipinski definition) is 3. The van der Waals surface area contributed by atoms with Gasteiger partial charge in [-0.1, -0.05) is 18.3 Å². The highest BCUT2D eigenvalue weighted by Crippen LogP contribution is 2.38. The van der Waals surface area contributed by atoms with Crippen LogP contribution in [0.5, 0.6) is 0 Å². The number of nitrogen functional groups attached to an aromatic ring is 1. The molecule has 1 heterocycles. The second kappa shape index (κ2) is 6.01. The molecule has 1 fully saturated rings. The molecule has 116 valence electrons. The number of carboxylic acids is 1. The molecule has 0 aromatic carbocycles. The van der Waals surface area contributed by atoms with E-state index >= 15 is 0 Å². The first kappa shape index (κ1) is 15.8. The van der Waals surface area contributed by atoms with E-state index in [1.165, 1.54) is 0 Å². The number of thiazole rings is 1. The first-order chi connectivity index (χ1) is 9.84. The van der Waals surface area contributed by atoms with Crippen molar-refractivity contribution >= 4 is 28.3 Å². The van der Waals surface area contributed by atoms with Crippen molar-refractivity contribution in [1.29, 1.82) is 0 Å². The van der Waals surface area contributed by atoms with E-state index in [-0.39, 0.29) is 12.5 Å². The van der Waals surface area contributed by atoms with E-state index in [4.69, 9.17) is 5.73 Å². The van der Waals surface area contributed by atoms with E-state index in [1.807, 2.05) is 0 Å². The number of anilines is 1. The van der Waals surface area contributed by atoms with Crippen LogP contribution in [0.3, 0.4) is 0 Å². The summed E-state index contributed by atoms with van der Waals surface area (Å²) >= 11 is 1.12. The molecule has 4 N–H and O–H groups in total. The predicted octanol–water partition coefficient (Wildman–Crippen LogP) is 2.04. The number of hydrogen-bond acceptors (Lipinski definition) is 5. The van der Waals surface area contributed by atoms with Crippen LogP contribution in [0.2, 0.25) is 0 Å². The van der Waals surface area contributed by atoms with Crippen LogP contribution in [0.25, 0.3) is 0 Å². The molecule has 0 aliphatic heterocycles. The van der Waals surface area contributed by atoms with Gasteiger partial charge < -0.3 is 16.2 Å². The van der Waals surface area contributed by atoms with Gasteiger partial charge in [-0.2, -0.15) is 0 Å². The summed E-state index contributed by atoms with van der Waals surface area (Å²) < 4.78 is 0. The molecule has 0 unspecified atom stereocenters. The average Bonchev–Trinajstić information content (AvgIpc) is 2.77. The molecule has 6 nitrogen and oxygen atoms in total. The number of carboxylic acid groups (broad SMARTS) is 1. The molecule has 21 heavy (non-hydrogen) atoms. The van der Waals surface area contributed by atoms with Gasteiger partial charge in [0.25, 0.3) is 5.91 Å². The van der Waals surface area contributed by atoms with Gasteiger partial charge in [0.2, 0.25) is 0 Å². The van der Waals surface area contributed by atoms with Crippen LogP contribution >= 0.6 is 11.3 Å². The van der Waals surface area contributed by atoms with Gasteiger partial charge in [-0.25, -0.2) is 4.98 Å². The standard InChI is InChI=1S/C14H21N3O3S/c1-8-3-5-14(6-4-8,12(19)20)7-16-11(18)10-9(2)17-13(15)21-10/h8H,3-7H2,1-2H3,(H2,15,17)(H,16,18)(H,19,20). The van der Waals surface area contributed by atoms with Crippen LogP contribution in [0.4, 0.5) is 5.13 Å². The number of nitrogens with one attached hydrogen (secondary N) is 1. The first-order valence-corrected chi connectivity index (χ1v) is 7.90. The molecule has 0 saturated heterocycles. The Balaban J connectivity index is 2.04. The summed E-state index contributed by atoms with van der Waals surface area (Å²) in [4.78, 5) is 28.2. The van der Waals surface area contributed by atoms with E-state index in [0.717, 1.165) is 24.2 Å². The average molecular weight is 311 g/mol. The van der Waals surface area contributed by atoms with Crippen LogP contribution in [0.15, 0.2) is 0 Å². The molecular weight excluding hydrogens is 290 g/mol. The number of aliphatic carboxylic acids is 1. The quantitative estimate of drug-likeness (QED) is 0.789. The first-order valence-electron chi connectivity index (χ1n) is 7.08. The molecule has 1 aromatic heterocycles. The maximum atomic E-state index is 12.2. The Morgan fingerprint density at radius 2 is 2.10 bits per heavy atom. The highest BCUT2D eigenvalue weighted by molar-refractivity contribution is 7.17. The molecule has 1 amide bonds. The van der Waals surface area contributed by atoms with Crippen LogP contribution in [0, 0.1) is 18.3 Å². The molecule has 0 radical (unpaired) electrons. The number of amides is 1. The Morgan fingerprint density at radius 1 is 1.48 bits per heavy atom. The third-order valence-electron chi connectivity index (χ3n) is 4.29. The molecule has 0 bridgehead atoms. The van der Waals surface area contributed by atoms with Gasteiger partial charge >= 0.3 is 5.97 Å². The van der Waals surface area contributed by atoms with Crippen LogP contribution in [-0.4, -0.2) is 28.5 Å².